The van der Waals surface area contributed by atoms with Gasteiger partial charge in [-0.15, -0.1) is 0 Å². The van der Waals surface area contributed by atoms with Crippen molar-refractivity contribution in [3.05, 3.63) is 35.4 Å². The Balaban J connectivity index is 2.87. The second-order valence-electron chi connectivity index (χ2n) is 3.00. The second-order valence-corrected chi connectivity index (χ2v) is 3.00. The van der Waals surface area contributed by atoms with Crippen molar-refractivity contribution in [3.8, 4) is 0 Å². The summed E-state index contributed by atoms with van der Waals surface area (Å²) < 4.78 is 0. The molecule has 0 amide bonds. The summed E-state index contributed by atoms with van der Waals surface area (Å²) in [5, 5.41) is 21.1. The Morgan fingerprint density at radius 3 is 2.86 bits per heavy atom. The van der Waals surface area contributed by atoms with E-state index in [-0.39, 0.29) is 5.56 Å². The maximum atomic E-state index is 10.6. The van der Waals surface area contributed by atoms with E-state index in [1.165, 1.54) is 12.1 Å². The van der Waals surface area contributed by atoms with E-state index in [1.54, 1.807) is 19.2 Å². The second kappa shape index (κ2) is 4.74. The normalized spacial score (nSPS) is 12.4. The van der Waals surface area contributed by atoms with Crippen LogP contribution in [0.3, 0.4) is 0 Å². The van der Waals surface area contributed by atoms with Crippen LogP contribution in [0.4, 0.5) is 0 Å². The van der Waals surface area contributed by atoms with Gasteiger partial charge in [-0.05, 0) is 24.7 Å². The third kappa shape index (κ3) is 2.55. The van der Waals surface area contributed by atoms with Crippen molar-refractivity contribution in [2.45, 2.75) is 6.10 Å². The van der Waals surface area contributed by atoms with Gasteiger partial charge in [-0.25, -0.2) is 4.79 Å². The van der Waals surface area contributed by atoms with Crippen molar-refractivity contribution in [3.63, 3.8) is 0 Å². The van der Waals surface area contributed by atoms with Gasteiger partial charge in [0.25, 0.3) is 0 Å². The number of carbonyl (C=O) groups is 1. The van der Waals surface area contributed by atoms with Gasteiger partial charge in [-0.1, -0.05) is 12.1 Å². The lowest BCUT2D eigenvalue weighted by molar-refractivity contribution is 0.0696. The van der Waals surface area contributed by atoms with E-state index in [9.17, 15) is 9.90 Å². The van der Waals surface area contributed by atoms with Crippen LogP contribution >= 0.6 is 0 Å². The van der Waals surface area contributed by atoms with Crippen LogP contribution in [0.5, 0.6) is 0 Å². The lowest BCUT2D eigenvalue weighted by Crippen LogP contribution is -2.16. The van der Waals surface area contributed by atoms with Crippen molar-refractivity contribution < 1.29 is 15.0 Å². The Bertz CT molecular complexity index is 325. The number of hydrogen-bond acceptors (Lipinski definition) is 3. The largest absolute Gasteiger partial charge is 0.478 e. The van der Waals surface area contributed by atoms with Crippen molar-refractivity contribution >= 4 is 5.97 Å². The molecule has 1 atom stereocenters. The monoisotopic (exact) mass is 195 g/mol. The van der Waals surface area contributed by atoms with E-state index in [1.807, 2.05) is 0 Å². The number of carboxylic acids is 1. The molecule has 0 saturated heterocycles. The molecule has 1 aromatic carbocycles. The number of hydrogen-bond donors (Lipinski definition) is 3. The molecule has 0 heterocycles. The number of benzene rings is 1. The Labute approximate surface area is 82.2 Å². The topological polar surface area (TPSA) is 69.6 Å². The van der Waals surface area contributed by atoms with Crippen LogP contribution in [0.2, 0.25) is 0 Å². The Kier molecular flexibility index (Phi) is 3.62. The van der Waals surface area contributed by atoms with Crippen molar-refractivity contribution in [1.29, 1.82) is 0 Å². The zero-order chi connectivity index (χ0) is 10.6. The molecule has 14 heavy (non-hydrogen) atoms. The average molecular weight is 195 g/mol. The number of carboxylic acid groups (broad SMARTS) is 1. The van der Waals surface area contributed by atoms with Gasteiger partial charge in [0.05, 0.1) is 11.7 Å². The summed E-state index contributed by atoms with van der Waals surface area (Å²) in [5.41, 5.74) is 0.803. The number of aliphatic hydroxyl groups excluding tert-OH is 1. The molecule has 0 bridgehead atoms. The highest BCUT2D eigenvalue weighted by molar-refractivity contribution is 5.87. The number of aromatic carboxylic acids is 1. The minimum atomic E-state index is -0.983. The molecule has 3 N–H and O–H groups in total. The molecule has 4 nitrogen and oxygen atoms in total. The maximum absolute atomic E-state index is 10.6. The highest BCUT2D eigenvalue weighted by Gasteiger charge is 2.09. The Hall–Kier alpha value is -1.39. The number of aliphatic hydroxyl groups is 1. The van der Waals surface area contributed by atoms with E-state index in [2.05, 4.69) is 5.32 Å². The minimum absolute atomic E-state index is 0.192. The van der Waals surface area contributed by atoms with Gasteiger partial charge >= 0.3 is 5.97 Å². The first-order valence-electron chi connectivity index (χ1n) is 4.31. The summed E-state index contributed by atoms with van der Waals surface area (Å²) in [5.74, 6) is -0.983. The van der Waals surface area contributed by atoms with Crippen LogP contribution in [0.1, 0.15) is 22.0 Å². The molecule has 1 unspecified atom stereocenters. The molecule has 0 fully saturated rings. The van der Waals surface area contributed by atoms with E-state index >= 15 is 0 Å². The number of likely N-dealkylation sites (N-methyl/N-ethyl adjacent to an activating group) is 1. The van der Waals surface area contributed by atoms with Crippen LogP contribution < -0.4 is 5.32 Å². The summed E-state index contributed by atoms with van der Waals surface area (Å²) in [6.45, 7) is 0.406. The summed E-state index contributed by atoms with van der Waals surface area (Å²) in [4.78, 5) is 10.6. The van der Waals surface area contributed by atoms with E-state index < -0.39 is 12.1 Å². The predicted molar refractivity (Wildman–Crippen MR) is 52.3 cm³/mol. The van der Waals surface area contributed by atoms with Crippen LogP contribution in [0.25, 0.3) is 0 Å². The fourth-order valence-corrected chi connectivity index (χ4v) is 1.19. The highest BCUT2D eigenvalue weighted by atomic mass is 16.4. The van der Waals surface area contributed by atoms with Crippen LogP contribution in [-0.4, -0.2) is 29.8 Å². The molecule has 0 saturated carbocycles. The molecule has 0 aliphatic heterocycles. The zero-order valence-corrected chi connectivity index (χ0v) is 7.90. The molecule has 0 aliphatic rings. The Morgan fingerprint density at radius 2 is 2.29 bits per heavy atom. The highest BCUT2D eigenvalue weighted by Crippen LogP contribution is 2.13. The molecule has 0 spiro atoms. The van der Waals surface area contributed by atoms with Crippen LogP contribution in [-0.2, 0) is 0 Å². The standard InChI is InChI=1S/C10H13NO3/c1-11-6-9(12)7-3-2-4-8(5-7)10(13)14/h2-5,9,11-12H,6H2,1H3,(H,13,14). The lowest BCUT2D eigenvalue weighted by Gasteiger charge is -2.10. The van der Waals surface area contributed by atoms with Gasteiger partial charge in [0.2, 0.25) is 0 Å². The van der Waals surface area contributed by atoms with Crippen LogP contribution in [0, 0.1) is 0 Å². The molecule has 76 valence electrons. The average Bonchev–Trinajstić information content (AvgIpc) is 2.18. The van der Waals surface area contributed by atoms with E-state index in [0.717, 1.165) is 0 Å². The van der Waals surface area contributed by atoms with E-state index in [0.29, 0.717) is 12.1 Å². The SMILES string of the molecule is CNCC(O)c1cccc(C(=O)O)c1. The van der Waals surface area contributed by atoms with Gasteiger partial charge in [-0.2, -0.15) is 0 Å². The molecular formula is C10H13NO3. The molecule has 1 aromatic rings. The minimum Gasteiger partial charge on any atom is -0.478 e. The third-order valence-corrected chi connectivity index (χ3v) is 1.92. The molecule has 0 aromatic heterocycles. The summed E-state index contributed by atoms with van der Waals surface area (Å²) in [6.07, 6.45) is -0.667. The first-order valence-corrected chi connectivity index (χ1v) is 4.31. The smallest absolute Gasteiger partial charge is 0.335 e. The third-order valence-electron chi connectivity index (χ3n) is 1.92. The fourth-order valence-electron chi connectivity index (χ4n) is 1.19. The van der Waals surface area contributed by atoms with Gasteiger partial charge in [0.15, 0.2) is 0 Å². The fraction of sp³-hybridized carbons (Fsp3) is 0.300. The predicted octanol–water partition coefficient (Wildman–Crippen LogP) is 0.638. The molecule has 0 aliphatic carbocycles. The molecule has 1 rings (SSSR count). The summed E-state index contributed by atoms with van der Waals surface area (Å²) in [7, 11) is 1.73. The Morgan fingerprint density at radius 1 is 1.57 bits per heavy atom. The van der Waals surface area contributed by atoms with Crippen molar-refractivity contribution in [2.75, 3.05) is 13.6 Å². The first kappa shape index (κ1) is 10.7. The van der Waals surface area contributed by atoms with Crippen molar-refractivity contribution in [2.24, 2.45) is 0 Å². The maximum Gasteiger partial charge on any atom is 0.335 e. The van der Waals surface area contributed by atoms with Gasteiger partial charge in [0, 0.05) is 6.54 Å². The molecule has 0 radical (unpaired) electrons. The quantitative estimate of drug-likeness (QED) is 0.659. The van der Waals surface area contributed by atoms with Crippen molar-refractivity contribution in [1.82, 2.24) is 5.32 Å². The van der Waals surface area contributed by atoms with E-state index in [4.69, 9.17) is 5.11 Å². The van der Waals surface area contributed by atoms with Gasteiger partial charge in [-0.3, -0.25) is 0 Å². The number of nitrogens with one attached hydrogen (secondary N) is 1. The first-order chi connectivity index (χ1) is 6.65. The summed E-state index contributed by atoms with van der Waals surface area (Å²) >= 11 is 0. The molecular weight excluding hydrogens is 182 g/mol. The van der Waals surface area contributed by atoms with Gasteiger partial charge < -0.3 is 15.5 Å². The number of rotatable bonds is 4. The van der Waals surface area contributed by atoms with Gasteiger partial charge in [0.1, 0.15) is 0 Å². The van der Waals surface area contributed by atoms with Crippen LogP contribution in [0.15, 0.2) is 24.3 Å². The summed E-state index contributed by atoms with van der Waals surface area (Å²) in [6, 6.07) is 6.30. The lowest BCUT2D eigenvalue weighted by atomic mass is 10.1. The zero-order valence-electron chi connectivity index (χ0n) is 7.90. The molecule has 4 heteroatoms.